The van der Waals surface area contributed by atoms with Gasteiger partial charge in [0.25, 0.3) is 5.91 Å². The number of aliphatic hydroxyl groups excluding tert-OH is 1. The molecule has 1 unspecified atom stereocenters. The van der Waals surface area contributed by atoms with E-state index in [1.54, 1.807) is 22.8 Å². The van der Waals surface area contributed by atoms with E-state index in [2.05, 4.69) is 4.98 Å². The van der Waals surface area contributed by atoms with Crippen LogP contribution in [0.5, 0.6) is 0 Å². The molecule has 3 rings (SSSR count). The van der Waals surface area contributed by atoms with Gasteiger partial charge in [0.2, 0.25) is 0 Å². The molecular formula is C13H14N2O3S. The molecule has 100 valence electrons. The van der Waals surface area contributed by atoms with Crippen molar-refractivity contribution < 1.29 is 14.3 Å². The number of aromatic nitrogens is 1. The van der Waals surface area contributed by atoms with Gasteiger partial charge in [0.1, 0.15) is 17.0 Å². The third kappa shape index (κ3) is 2.41. The maximum atomic E-state index is 12.3. The molecule has 0 aliphatic carbocycles. The Bertz CT molecular complexity index is 564. The molecule has 0 radical (unpaired) electrons. The zero-order valence-corrected chi connectivity index (χ0v) is 11.1. The van der Waals surface area contributed by atoms with Crippen LogP contribution in [0.3, 0.4) is 0 Å². The molecule has 3 heterocycles. The number of thiazole rings is 1. The lowest BCUT2D eigenvalue weighted by Crippen LogP contribution is -2.29. The number of carbonyl (C=O) groups excluding carboxylic acids is 1. The average Bonchev–Trinajstić information content (AvgIpc) is 3.16. The van der Waals surface area contributed by atoms with Crippen LogP contribution < -0.4 is 0 Å². The van der Waals surface area contributed by atoms with Crippen molar-refractivity contribution in [3.8, 4) is 10.6 Å². The molecular weight excluding hydrogens is 264 g/mol. The van der Waals surface area contributed by atoms with Crippen LogP contribution in [-0.4, -0.2) is 40.6 Å². The van der Waals surface area contributed by atoms with Gasteiger partial charge in [-0.15, -0.1) is 11.3 Å². The Hall–Kier alpha value is -1.66. The van der Waals surface area contributed by atoms with Gasteiger partial charge in [-0.2, -0.15) is 0 Å². The van der Waals surface area contributed by atoms with E-state index >= 15 is 0 Å². The van der Waals surface area contributed by atoms with Crippen molar-refractivity contribution in [1.82, 2.24) is 9.88 Å². The van der Waals surface area contributed by atoms with Crippen molar-refractivity contribution in [1.29, 1.82) is 0 Å². The maximum Gasteiger partial charge on any atom is 0.273 e. The van der Waals surface area contributed by atoms with Crippen molar-refractivity contribution in [3.63, 3.8) is 0 Å². The smallest absolute Gasteiger partial charge is 0.273 e. The van der Waals surface area contributed by atoms with Crippen LogP contribution in [0.2, 0.25) is 0 Å². The summed E-state index contributed by atoms with van der Waals surface area (Å²) >= 11 is 1.43. The molecule has 2 aromatic rings. The Morgan fingerprint density at radius 3 is 3.21 bits per heavy atom. The van der Waals surface area contributed by atoms with E-state index in [1.807, 2.05) is 6.07 Å². The van der Waals surface area contributed by atoms with E-state index in [-0.39, 0.29) is 18.4 Å². The minimum Gasteiger partial charge on any atom is -0.472 e. The average molecular weight is 278 g/mol. The lowest BCUT2D eigenvalue weighted by molar-refractivity contribution is 0.0777. The molecule has 1 N–H and O–H groups in total. The van der Waals surface area contributed by atoms with E-state index in [9.17, 15) is 4.79 Å². The summed E-state index contributed by atoms with van der Waals surface area (Å²) in [5.74, 6) is 0.151. The first-order valence-electron chi connectivity index (χ1n) is 6.16. The highest BCUT2D eigenvalue weighted by atomic mass is 32.1. The summed E-state index contributed by atoms with van der Waals surface area (Å²) in [7, 11) is 0. The van der Waals surface area contributed by atoms with Crippen LogP contribution in [-0.2, 0) is 0 Å². The zero-order chi connectivity index (χ0) is 13.2. The molecule has 0 spiro atoms. The molecule has 5 nitrogen and oxygen atoms in total. The Kier molecular flexibility index (Phi) is 3.35. The van der Waals surface area contributed by atoms with Crippen LogP contribution in [0, 0.1) is 5.92 Å². The maximum absolute atomic E-state index is 12.3. The molecule has 19 heavy (non-hydrogen) atoms. The molecule has 1 saturated heterocycles. The summed E-state index contributed by atoms with van der Waals surface area (Å²) in [5.41, 5.74) is 1.36. The third-order valence-corrected chi connectivity index (χ3v) is 4.21. The highest BCUT2D eigenvalue weighted by Gasteiger charge is 2.27. The number of carbonyl (C=O) groups is 1. The number of hydrogen-bond acceptors (Lipinski definition) is 5. The summed E-state index contributed by atoms with van der Waals surface area (Å²) in [5, 5.41) is 11.7. The Labute approximate surface area is 114 Å². The van der Waals surface area contributed by atoms with Crippen molar-refractivity contribution in [2.45, 2.75) is 6.42 Å². The molecule has 0 saturated carbocycles. The highest BCUT2D eigenvalue weighted by molar-refractivity contribution is 7.13. The summed E-state index contributed by atoms with van der Waals surface area (Å²) < 4.78 is 5.01. The summed E-state index contributed by atoms with van der Waals surface area (Å²) in [6.07, 6.45) is 4.07. The Balaban J connectivity index is 1.74. The second kappa shape index (κ2) is 5.14. The fourth-order valence-electron chi connectivity index (χ4n) is 2.22. The first kappa shape index (κ1) is 12.4. The Morgan fingerprint density at radius 2 is 2.53 bits per heavy atom. The monoisotopic (exact) mass is 278 g/mol. The SMILES string of the molecule is O=C(c1csc(-c2ccoc2)n1)N1CCC(CO)C1. The number of hydrogen-bond donors (Lipinski definition) is 1. The first-order chi connectivity index (χ1) is 9.28. The minimum atomic E-state index is -0.0538. The Morgan fingerprint density at radius 1 is 1.63 bits per heavy atom. The van der Waals surface area contributed by atoms with Crippen LogP contribution in [0.25, 0.3) is 10.6 Å². The molecule has 1 aliphatic heterocycles. The first-order valence-corrected chi connectivity index (χ1v) is 7.04. The number of rotatable bonds is 3. The van der Waals surface area contributed by atoms with Gasteiger partial charge in [0.05, 0.1) is 6.26 Å². The molecule has 1 aliphatic rings. The minimum absolute atomic E-state index is 0.0538. The number of furan rings is 1. The van der Waals surface area contributed by atoms with Gasteiger partial charge >= 0.3 is 0 Å². The second-order valence-electron chi connectivity index (χ2n) is 4.64. The predicted octanol–water partition coefficient (Wildman–Crippen LogP) is 1.86. The van der Waals surface area contributed by atoms with Gasteiger partial charge < -0.3 is 14.4 Å². The van der Waals surface area contributed by atoms with Gasteiger partial charge in [0.15, 0.2) is 0 Å². The number of likely N-dealkylation sites (tertiary alicyclic amines) is 1. The van der Waals surface area contributed by atoms with E-state index in [1.165, 1.54) is 11.3 Å². The van der Waals surface area contributed by atoms with Gasteiger partial charge in [-0.3, -0.25) is 4.79 Å². The van der Waals surface area contributed by atoms with Crippen molar-refractivity contribution in [3.05, 3.63) is 29.7 Å². The van der Waals surface area contributed by atoms with Gasteiger partial charge in [-0.1, -0.05) is 0 Å². The molecule has 0 aromatic carbocycles. The molecule has 0 bridgehead atoms. The molecule has 2 aromatic heterocycles. The number of amides is 1. The standard InChI is InChI=1S/C13H14N2O3S/c16-6-9-1-3-15(5-9)13(17)11-8-19-12(14-11)10-2-4-18-7-10/h2,4,7-9,16H,1,3,5-6H2. The second-order valence-corrected chi connectivity index (χ2v) is 5.50. The van der Waals surface area contributed by atoms with Gasteiger partial charge in [0, 0.05) is 36.6 Å². The summed E-state index contributed by atoms with van der Waals surface area (Å²) in [6.45, 7) is 1.46. The molecule has 1 amide bonds. The summed E-state index contributed by atoms with van der Waals surface area (Å²) in [4.78, 5) is 18.4. The van der Waals surface area contributed by atoms with Crippen molar-refractivity contribution >= 4 is 17.2 Å². The van der Waals surface area contributed by atoms with E-state index in [0.717, 1.165) is 17.0 Å². The quantitative estimate of drug-likeness (QED) is 0.930. The zero-order valence-electron chi connectivity index (χ0n) is 10.3. The number of nitrogens with zero attached hydrogens (tertiary/aromatic N) is 2. The van der Waals surface area contributed by atoms with E-state index in [4.69, 9.17) is 9.52 Å². The topological polar surface area (TPSA) is 66.6 Å². The van der Waals surface area contributed by atoms with Crippen LogP contribution in [0.15, 0.2) is 28.4 Å². The molecule has 6 heteroatoms. The normalized spacial score (nSPS) is 19.0. The summed E-state index contributed by atoms with van der Waals surface area (Å²) in [6, 6.07) is 1.82. The highest BCUT2D eigenvalue weighted by Crippen LogP contribution is 2.25. The van der Waals surface area contributed by atoms with Crippen LogP contribution in [0.1, 0.15) is 16.9 Å². The predicted molar refractivity (Wildman–Crippen MR) is 70.9 cm³/mol. The largest absolute Gasteiger partial charge is 0.472 e. The van der Waals surface area contributed by atoms with E-state index in [0.29, 0.717) is 18.8 Å². The van der Waals surface area contributed by atoms with Crippen LogP contribution >= 0.6 is 11.3 Å². The fourth-order valence-corrected chi connectivity index (χ4v) is 3.00. The van der Waals surface area contributed by atoms with Crippen LogP contribution in [0.4, 0.5) is 0 Å². The lowest BCUT2D eigenvalue weighted by atomic mass is 10.1. The van der Waals surface area contributed by atoms with Crippen molar-refractivity contribution in [2.75, 3.05) is 19.7 Å². The van der Waals surface area contributed by atoms with Crippen molar-refractivity contribution in [2.24, 2.45) is 5.92 Å². The number of aliphatic hydroxyl groups is 1. The van der Waals surface area contributed by atoms with Gasteiger partial charge in [-0.25, -0.2) is 4.98 Å². The van der Waals surface area contributed by atoms with E-state index < -0.39 is 0 Å². The van der Waals surface area contributed by atoms with Gasteiger partial charge in [-0.05, 0) is 12.5 Å². The fraction of sp³-hybridized carbons (Fsp3) is 0.385. The lowest BCUT2D eigenvalue weighted by Gasteiger charge is -2.14. The molecule has 1 fully saturated rings. The third-order valence-electron chi connectivity index (χ3n) is 3.32. The molecule has 1 atom stereocenters.